The lowest BCUT2D eigenvalue weighted by atomic mass is 9.89. The van der Waals surface area contributed by atoms with Crippen LogP contribution >= 0.6 is 0 Å². The van der Waals surface area contributed by atoms with Crippen LogP contribution in [0.4, 0.5) is 0 Å². The highest BCUT2D eigenvalue weighted by atomic mass is 32.2. The lowest BCUT2D eigenvalue weighted by molar-refractivity contribution is -0.178. The third-order valence-electron chi connectivity index (χ3n) is 4.25. The minimum Gasteiger partial charge on any atom is -0.466 e. The third-order valence-corrected chi connectivity index (χ3v) is 4.87. The second kappa shape index (κ2) is 7.37. The Labute approximate surface area is 141 Å². The quantitative estimate of drug-likeness (QED) is 0.482. The minimum atomic E-state index is -3.54. The van der Waals surface area contributed by atoms with Crippen LogP contribution < -0.4 is 0 Å². The second-order valence-electron chi connectivity index (χ2n) is 6.21. The predicted octanol–water partition coefficient (Wildman–Crippen LogP) is 0.785. The van der Waals surface area contributed by atoms with Crippen LogP contribution in [-0.4, -0.2) is 57.6 Å². The number of carbonyl (C=O) groups excluding carboxylic acids is 2. The first-order chi connectivity index (χ1) is 11.2. The number of rotatable bonds is 7. The normalized spacial score (nSPS) is 32.4. The Hall–Kier alpha value is -1.19. The predicted molar refractivity (Wildman–Crippen MR) is 82.5 cm³/mol. The van der Waals surface area contributed by atoms with Gasteiger partial charge < -0.3 is 14.2 Å². The molecule has 2 rings (SSSR count). The molecule has 0 radical (unpaired) electrons. The molecule has 0 aromatic carbocycles. The molecule has 8 nitrogen and oxygen atoms in total. The lowest BCUT2D eigenvalue weighted by Crippen LogP contribution is -2.43. The molecule has 0 aromatic heterocycles. The van der Waals surface area contributed by atoms with Crippen molar-refractivity contribution < 1.29 is 36.4 Å². The second-order valence-corrected chi connectivity index (χ2v) is 7.81. The molecule has 0 spiro atoms. The van der Waals surface area contributed by atoms with Gasteiger partial charge in [0, 0.05) is 6.42 Å². The van der Waals surface area contributed by atoms with Crippen molar-refractivity contribution in [2.75, 3.05) is 19.5 Å². The van der Waals surface area contributed by atoms with Gasteiger partial charge >= 0.3 is 11.9 Å². The fraction of sp³-hybridized carbons (Fsp3) is 0.867. The zero-order valence-electron chi connectivity index (χ0n) is 14.1. The van der Waals surface area contributed by atoms with E-state index in [-0.39, 0.29) is 31.7 Å². The van der Waals surface area contributed by atoms with Crippen LogP contribution in [0, 0.1) is 5.92 Å². The fourth-order valence-electron chi connectivity index (χ4n) is 3.51. The van der Waals surface area contributed by atoms with Crippen molar-refractivity contribution in [2.24, 2.45) is 5.92 Å². The monoisotopic (exact) mass is 364 g/mol. The van der Waals surface area contributed by atoms with E-state index in [1.165, 1.54) is 0 Å². The van der Waals surface area contributed by atoms with Crippen molar-refractivity contribution in [3.8, 4) is 0 Å². The van der Waals surface area contributed by atoms with Crippen LogP contribution in [0.1, 0.15) is 39.5 Å². The molecule has 1 saturated heterocycles. The Kier molecular flexibility index (Phi) is 5.87. The van der Waals surface area contributed by atoms with Crippen LogP contribution in [-0.2, 0) is 38.1 Å². The summed E-state index contributed by atoms with van der Waals surface area (Å²) in [6.45, 7) is 3.77. The number of hydrogen-bond donors (Lipinski definition) is 0. The summed E-state index contributed by atoms with van der Waals surface area (Å²) in [5, 5.41) is 0. The van der Waals surface area contributed by atoms with Crippen LogP contribution in [0.15, 0.2) is 0 Å². The minimum absolute atomic E-state index is 0.0596. The molecule has 0 unspecified atom stereocenters. The van der Waals surface area contributed by atoms with Gasteiger partial charge in [-0.3, -0.25) is 8.98 Å². The first kappa shape index (κ1) is 19.1. The third kappa shape index (κ3) is 4.46. The summed E-state index contributed by atoms with van der Waals surface area (Å²) in [7, 11) is -3.54. The topological polar surface area (TPSA) is 105 Å². The number of esters is 2. The highest BCUT2D eigenvalue weighted by molar-refractivity contribution is 7.86. The molecule has 0 bridgehead atoms. The molecule has 1 heterocycles. The molecule has 0 amide bonds. The summed E-state index contributed by atoms with van der Waals surface area (Å²) in [5.74, 6) is -1.15. The molecular formula is C15H24O8S. The van der Waals surface area contributed by atoms with Crippen molar-refractivity contribution in [1.29, 1.82) is 0 Å². The van der Waals surface area contributed by atoms with Crippen molar-refractivity contribution in [3.05, 3.63) is 0 Å². The molecule has 138 valence electrons. The molecule has 1 saturated carbocycles. The first-order valence-electron chi connectivity index (χ1n) is 8.08. The van der Waals surface area contributed by atoms with Gasteiger partial charge in [-0.1, -0.05) is 0 Å². The van der Waals surface area contributed by atoms with Gasteiger partial charge in [0.25, 0.3) is 10.1 Å². The molecule has 4 atom stereocenters. The fourth-order valence-corrected chi connectivity index (χ4v) is 4.16. The van der Waals surface area contributed by atoms with Crippen LogP contribution in [0.2, 0.25) is 0 Å². The van der Waals surface area contributed by atoms with Gasteiger partial charge in [0.05, 0.1) is 38.1 Å². The maximum absolute atomic E-state index is 12.4. The summed E-state index contributed by atoms with van der Waals surface area (Å²) < 4.78 is 43.4. The van der Waals surface area contributed by atoms with Crippen molar-refractivity contribution in [1.82, 2.24) is 0 Å². The Bertz CT molecular complexity index is 570. The van der Waals surface area contributed by atoms with Gasteiger partial charge in [0.15, 0.2) is 5.60 Å². The Morgan fingerprint density at radius 1 is 1.17 bits per heavy atom. The summed E-state index contributed by atoms with van der Waals surface area (Å²) >= 11 is 0. The van der Waals surface area contributed by atoms with E-state index in [0.29, 0.717) is 19.3 Å². The molecule has 1 aliphatic heterocycles. The van der Waals surface area contributed by atoms with E-state index in [1.54, 1.807) is 13.8 Å². The van der Waals surface area contributed by atoms with Crippen LogP contribution in [0.5, 0.6) is 0 Å². The van der Waals surface area contributed by atoms with Crippen molar-refractivity contribution in [3.63, 3.8) is 0 Å². The summed E-state index contributed by atoms with van der Waals surface area (Å²) in [6, 6.07) is 0. The molecule has 1 aliphatic carbocycles. The van der Waals surface area contributed by atoms with Crippen molar-refractivity contribution >= 4 is 22.1 Å². The number of hydrogen-bond acceptors (Lipinski definition) is 8. The van der Waals surface area contributed by atoms with Gasteiger partial charge in [0.2, 0.25) is 0 Å². The van der Waals surface area contributed by atoms with Crippen molar-refractivity contribution in [2.45, 2.75) is 57.3 Å². The summed E-state index contributed by atoms with van der Waals surface area (Å²) in [6.07, 6.45) is 1.12. The smallest absolute Gasteiger partial charge is 0.339 e. The Balaban J connectivity index is 2.08. The average molecular weight is 364 g/mol. The molecule has 24 heavy (non-hydrogen) atoms. The van der Waals surface area contributed by atoms with E-state index in [0.717, 1.165) is 6.26 Å². The maximum Gasteiger partial charge on any atom is 0.339 e. The summed E-state index contributed by atoms with van der Waals surface area (Å²) in [5.41, 5.74) is -1.35. The van der Waals surface area contributed by atoms with Gasteiger partial charge in [-0.25, -0.2) is 4.79 Å². The van der Waals surface area contributed by atoms with E-state index >= 15 is 0 Å². The van der Waals surface area contributed by atoms with E-state index in [1.807, 2.05) is 0 Å². The highest BCUT2D eigenvalue weighted by Gasteiger charge is 2.57. The molecule has 9 heteroatoms. The van der Waals surface area contributed by atoms with E-state index < -0.39 is 33.8 Å². The zero-order chi connectivity index (χ0) is 18.0. The average Bonchev–Trinajstić information content (AvgIpc) is 2.92. The number of ether oxygens (including phenoxy) is 3. The molecule has 0 N–H and O–H groups in total. The lowest BCUT2D eigenvalue weighted by Gasteiger charge is -2.27. The Morgan fingerprint density at radius 3 is 2.38 bits per heavy atom. The van der Waals surface area contributed by atoms with E-state index in [2.05, 4.69) is 0 Å². The SMILES string of the molecule is CCOC(=O)C[C@]1(C(=O)OCC)C[C@@H]2C[C@H](OS(C)(=O)=O)C[C@@H]2O1. The van der Waals surface area contributed by atoms with Gasteiger partial charge in [-0.05, 0) is 32.6 Å². The van der Waals surface area contributed by atoms with Gasteiger partial charge in [-0.2, -0.15) is 8.42 Å². The molecule has 2 aliphatic rings. The summed E-state index contributed by atoms with van der Waals surface area (Å²) in [4.78, 5) is 24.2. The molecule has 0 aromatic rings. The number of carbonyl (C=O) groups is 2. The number of fused-ring (bicyclic) bond motifs is 1. The molecular weight excluding hydrogens is 340 g/mol. The van der Waals surface area contributed by atoms with E-state index in [4.69, 9.17) is 18.4 Å². The zero-order valence-corrected chi connectivity index (χ0v) is 15.0. The molecule has 2 fully saturated rings. The van der Waals surface area contributed by atoms with E-state index in [9.17, 15) is 18.0 Å². The highest BCUT2D eigenvalue weighted by Crippen LogP contribution is 2.47. The van der Waals surface area contributed by atoms with Gasteiger partial charge in [0.1, 0.15) is 0 Å². The first-order valence-corrected chi connectivity index (χ1v) is 9.89. The van der Waals surface area contributed by atoms with Gasteiger partial charge in [-0.15, -0.1) is 0 Å². The largest absolute Gasteiger partial charge is 0.466 e. The maximum atomic E-state index is 12.4. The standard InChI is InChI=1S/C15H24O8S/c1-4-20-13(16)9-15(14(17)21-5-2)8-10-6-11(7-12(10)22-15)23-24(3,18)19/h10-12H,4-9H2,1-3H3/t10-,11-,12-,15-/m0/s1. The van der Waals surface area contributed by atoms with Crippen LogP contribution in [0.3, 0.4) is 0 Å². The van der Waals surface area contributed by atoms with Crippen LogP contribution in [0.25, 0.3) is 0 Å². The Morgan fingerprint density at radius 2 is 1.83 bits per heavy atom.